The Kier molecular flexibility index (Phi) is 5.12. The molecule has 1 unspecified atom stereocenters. The van der Waals surface area contributed by atoms with Crippen LogP contribution in [-0.2, 0) is 11.4 Å². The number of nitrogens with zero attached hydrogens (tertiary/aromatic N) is 1. The molecule has 0 aromatic heterocycles. The Morgan fingerprint density at radius 1 is 1.00 bits per heavy atom. The Hall–Kier alpha value is -2.15. The summed E-state index contributed by atoms with van der Waals surface area (Å²) >= 11 is 0. The van der Waals surface area contributed by atoms with E-state index in [0.717, 1.165) is 11.1 Å². The lowest BCUT2D eigenvalue weighted by Gasteiger charge is -2.16. The maximum absolute atomic E-state index is 8.87. The molecule has 0 radical (unpaired) electrons. The van der Waals surface area contributed by atoms with Crippen molar-refractivity contribution in [3.05, 3.63) is 71.8 Å². The lowest BCUT2D eigenvalue weighted by molar-refractivity contribution is 0.00386. The third-order valence-electron chi connectivity index (χ3n) is 2.80. The summed E-state index contributed by atoms with van der Waals surface area (Å²) in [6.07, 6.45) is 0.374. The average molecular weight is 252 g/mol. The van der Waals surface area contributed by atoms with Gasteiger partial charge in [-0.05, 0) is 11.1 Å². The van der Waals surface area contributed by atoms with Gasteiger partial charge in [0.25, 0.3) is 0 Å². The minimum Gasteiger partial charge on any atom is -0.296 e. The molecule has 2 rings (SSSR count). The van der Waals surface area contributed by atoms with Crippen LogP contribution in [0.5, 0.6) is 0 Å². The second-order valence-electron chi connectivity index (χ2n) is 4.22. The first-order valence-electron chi connectivity index (χ1n) is 6.23. The highest BCUT2D eigenvalue weighted by Crippen LogP contribution is 2.16. The number of hydrogen-bond acceptors (Lipinski definition) is 3. The van der Waals surface area contributed by atoms with E-state index in [1.54, 1.807) is 0 Å². The molecule has 0 spiro atoms. The van der Waals surface area contributed by atoms with E-state index in [2.05, 4.69) is 11.5 Å². The fraction of sp³-hybridized carbons (Fsp3) is 0.188. The van der Waals surface area contributed by atoms with E-state index in [1.165, 1.54) is 0 Å². The number of rotatable bonds is 6. The summed E-state index contributed by atoms with van der Waals surface area (Å²) in [5, 5.41) is 8.87. The molecule has 0 heterocycles. The molecule has 1 N–H and O–H groups in total. The molecule has 0 aliphatic carbocycles. The molecule has 0 saturated carbocycles. The van der Waals surface area contributed by atoms with Crippen molar-refractivity contribution in [2.45, 2.75) is 19.1 Å². The summed E-state index contributed by atoms with van der Waals surface area (Å²) in [7, 11) is 0. The molecule has 2 aromatic rings. The molecule has 19 heavy (non-hydrogen) atoms. The Morgan fingerprint density at radius 2 is 1.63 bits per heavy atom. The molecular weight excluding hydrogens is 236 g/mol. The van der Waals surface area contributed by atoms with Crippen LogP contribution in [0, 0.1) is 11.3 Å². The lowest BCUT2D eigenvalue weighted by Crippen LogP contribution is -2.21. The van der Waals surface area contributed by atoms with Crippen molar-refractivity contribution in [3.63, 3.8) is 0 Å². The molecule has 0 aliphatic rings. The van der Waals surface area contributed by atoms with Gasteiger partial charge in [0.05, 0.1) is 25.1 Å². The summed E-state index contributed by atoms with van der Waals surface area (Å²) in [6.45, 7) is 0.482. The molecular formula is C16H16N2O. The maximum atomic E-state index is 8.87. The van der Waals surface area contributed by atoms with Gasteiger partial charge in [-0.15, -0.1) is 0 Å². The van der Waals surface area contributed by atoms with Gasteiger partial charge in [-0.1, -0.05) is 60.7 Å². The van der Waals surface area contributed by atoms with Gasteiger partial charge in [-0.25, -0.2) is 0 Å². The number of benzene rings is 2. The van der Waals surface area contributed by atoms with Crippen LogP contribution in [0.2, 0.25) is 0 Å². The third-order valence-corrected chi connectivity index (χ3v) is 2.80. The van der Waals surface area contributed by atoms with Crippen LogP contribution in [0.4, 0.5) is 0 Å². The van der Waals surface area contributed by atoms with E-state index in [-0.39, 0.29) is 6.04 Å². The van der Waals surface area contributed by atoms with Crippen LogP contribution >= 0.6 is 0 Å². The standard InChI is InChI=1S/C16H16N2O/c17-12-11-16(15-9-5-2-6-10-15)18-19-13-14-7-3-1-4-8-14/h1-10,16,18H,11,13H2. The Morgan fingerprint density at radius 3 is 2.26 bits per heavy atom. The summed E-state index contributed by atoms with van der Waals surface area (Å²) in [5.41, 5.74) is 5.11. The Balaban J connectivity index is 1.90. The highest BCUT2D eigenvalue weighted by molar-refractivity contribution is 5.19. The monoisotopic (exact) mass is 252 g/mol. The van der Waals surface area contributed by atoms with E-state index in [0.29, 0.717) is 13.0 Å². The van der Waals surface area contributed by atoms with Gasteiger partial charge in [0, 0.05) is 0 Å². The Labute approximate surface area is 113 Å². The zero-order chi connectivity index (χ0) is 13.3. The van der Waals surface area contributed by atoms with Crippen molar-refractivity contribution in [1.82, 2.24) is 5.48 Å². The maximum Gasteiger partial charge on any atom is 0.0933 e. The summed E-state index contributed by atoms with van der Waals surface area (Å²) in [6, 6.07) is 21.8. The first-order valence-corrected chi connectivity index (χ1v) is 6.23. The largest absolute Gasteiger partial charge is 0.296 e. The van der Waals surface area contributed by atoms with Crippen LogP contribution in [-0.4, -0.2) is 0 Å². The van der Waals surface area contributed by atoms with Gasteiger partial charge >= 0.3 is 0 Å². The van der Waals surface area contributed by atoms with Crippen LogP contribution in [0.15, 0.2) is 60.7 Å². The molecule has 1 atom stereocenters. The highest BCUT2D eigenvalue weighted by Gasteiger charge is 2.10. The number of hydroxylamine groups is 1. The number of nitrogens with one attached hydrogen (secondary N) is 1. The predicted octanol–water partition coefficient (Wildman–Crippen LogP) is 3.36. The van der Waals surface area contributed by atoms with E-state index >= 15 is 0 Å². The van der Waals surface area contributed by atoms with Crippen LogP contribution in [0.1, 0.15) is 23.6 Å². The fourth-order valence-corrected chi connectivity index (χ4v) is 1.80. The van der Waals surface area contributed by atoms with Crippen molar-refractivity contribution in [1.29, 1.82) is 5.26 Å². The van der Waals surface area contributed by atoms with Gasteiger partial charge in [0.2, 0.25) is 0 Å². The van der Waals surface area contributed by atoms with Crippen molar-refractivity contribution in [2.75, 3.05) is 0 Å². The van der Waals surface area contributed by atoms with E-state index in [9.17, 15) is 0 Å². The summed E-state index contributed by atoms with van der Waals surface area (Å²) < 4.78 is 0. The van der Waals surface area contributed by atoms with E-state index < -0.39 is 0 Å². The predicted molar refractivity (Wildman–Crippen MR) is 73.8 cm³/mol. The van der Waals surface area contributed by atoms with Gasteiger partial charge < -0.3 is 0 Å². The third kappa shape index (κ3) is 4.22. The summed E-state index contributed by atoms with van der Waals surface area (Å²) in [5.74, 6) is 0. The minimum atomic E-state index is -0.102. The van der Waals surface area contributed by atoms with Crippen LogP contribution in [0.3, 0.4) is 0 Å². The SMILES string of the molecule is N#CCC(NOCc1ccccc1)c1ccccc1. The van der Waals surface area contributed by atoms with Crippen molar-refractivity contribution in [2.24, 2.45) is 0 Å². The van der Waals surface area contributed by atoms with Gasteiger partial charge in [-0.2, -0.15) is 10.7 Å². The lowest BCUT2D eigenvalue weighted by atomic mass is 10.1. The molecule has 0 amide bonds. The average Bonchev–Trinajstić information content (AvgIpc) is 2.48. The normalized spacial score (nSPS) is 11.7. The molecule has 0 fully saturated rings. The molecule has 3 heteroatoms. The first-order chi connectivity index (χ1) is 9.40. The van der Waals surface area contributed by atoms with Crippen LogP contribution in [0.25, 0.3) is 0 Å². The van der Waals surface area contributed by atoms with Gasteiger partial charge in [0.15, 0.2) is 0 Å². The quantitative estimate of drug-likeness (QED) is 0.802. The van der Waals surface area contributed by atoms with Crippen molar-refractivity contribution < 1.29 is 4.84 Å². The summed E-state index contributed by atoms with van der Waals surface area (Å²) in [4.78, 5) is 5.49. The minimum absolute atomic E-state index is 0.102. The fourth-order valence-electron chi connectivity index (χ4n) is 1.80. The van der Waals surface area contributed by atoms with E-state index in [4.69, 9.17) is 10.1 Å². The highest BCUT2D eigenvalue weighted by atomic mass is 16.6. The number of hydrogen-bond donors (Lipinski definition) is 1. The van der Waals surface area contributed by atoms with E-state index in [1.807, 2.05) is 60.7 Å². The molecule has 0 aliphatic heterocycles. The van der Waals surface area contributed by atoms with Crippen molar-refractivity contribution >= 4 is 0 Å². The first kappa shape index (κ1) is 13.3. The topological polar surface area (TPSA) is 45.0 Å². The Bertz CT molecular complexity index is 519. The van der Waals surface area contributed by atoms with Gasteiger partial charge in [0.1, 0.15) is 0 Å². The zero-order valence-corrected chi connectivity index (χ0v) is 10.6. The van der Waals surface area contributed by atoms with Crippen LogP contribution < -0.4 is 5.48 Å². The molecule has 96 valence electrons. The second-order valence-corrected chi connectivity index (χ2v) is 4.22. The molecule has 2 aromatic carbocycles. The molecule has 0 saturated heterocycles. The zero-order valence-electron chi connectivity index (χ0n) is 10.6. The smallest absolute Gasteiger partial charge is 0.0933 e. The van der Waals surface area contributed by atoms with Crippen molar-refractivity contribution in [3.8, 4) is 6.07 Å². The number of nitriles is 1. The molecule has 0 bridgehead atoms. The second kappa shape index (κ2) is 7.32. The van der Waals surface area contributed by atoms with Gasteiger partial charge in [-0.3, -0.25) is 4.84 Å². The molecule has 3 nitrogen and oxygen atoms in total.